The van der Waals surface area contributed by atoms with Crippen LogP contribution in [0.3, 0.4) is 0 Å². The van der Waals surface area contributed by atoms with Crippen molar-refractivity contribution in [3.8, 4) is 0 Å². The molecule has 174 valence electrons. The summed E-state index contributed by atoms with van der Waals surface area (Å²) in [4.78, 5) is 21.9. The van der Waals surface area contributed by atoms with E-state index in [9.17, 15) is 4.79 Å². The van der Waals surface area contributed by atoms with Gasteiger partial charge in [0.05, 0.1) is 24.7 Å². The molecule has 0 atom stereocenters. The fourth-order valence-corrected chi connectivity index (χ4v) is 4.04. The molecule has 3 aromatic heterocycles. The maximum absolute atomic E-state index is 12.5. The lowest BCUT2D eigenvalue weighted by Crippen LogP contribution is -2.27. The first-order valence-corrected chi connectivity index (χ1v) is 11.9. The largest absolute Gasteiger partial charge is 0.451 e. The second-order valence-electron chi connectivity index (χ2n) is 7.65. The lowest BCUT2D eigenvalue weighted by molar-refractivity contribution is 0.0926. The number of amides is 1. The fraction of sp³-hybridized carbons (Fsp3) is 0.391. The van der Waals surface area contributed by atoms with Crippen LogP contribution in [0.25, 0.3) is 22.0 Å². The predicted octanol–water partition coefficient (Wildman–Crippen LogP) is 3.95. The van der Waals surface area contributed by atoms with Gasteiger partial charge >= 0.3 is 0 Å². The molecule has 4 aromatic rings. The van der Waals surface area contributed by atoms with Crippen LogP contribution in [-0.4, -0.2) is 57.2 Å². The van der Waals surface area contributed by atoms with E-state index in [1.54, 1.807) is 28.7 Å². The van der Waals surface area contributed by atoms with Crippen LogP contribution in [0.2, 0.25) is 0 Å². The number of thioether (sulfide) groups is 1. The number of fused-ring (bicyclic) bond motifs is 2. The lowest BCUT2D eigenvalue weighted by Gasteiger charge is -2.11. The Morgan fingerprint density at radius 3 is 2.88 bits per heavy atom. The standard InChI is InChI=1S/C23H28N6O3S/c1-4-31-12-10-24-20-17-14-26-29(21(17)28-23(27-20)33-15(2)3)11-9-25-22(30)19-13-16-7-5-6-8-18(16)32-19/h5-8,13-15H,4,9-12H2,1-3H3,(H,25,30)(H,24,27,28). The van der Waals surface area contributed by atoms with Crippen molar-refractivity contribution in [1.82, 2.24) is 25.1 Å². The number of anilines is 1. The summed E-state index contributed by atoms with van der Waals surface area (Å²) in [6.07, 6.45) is 1.75. The number of aromatic nitrogens is 4. The molecule has 0 aliphatic heterocycles. The highest BCUT2D eigenvalue weighted by Crippen LogP contribution is 2.26. The van der Waals surface area contributed by atoms with Crippen LogP contribution in [0.1, 0.15) is 31.3 Å². The minimum absolute atomic E-state index is 0.258. The Morgan fingerprint density at radius 2 is 2.09 bits per heavy atom. The van der Waals surface area contributed by atoms with Gasteiger partial charge in [0.1, 0.15) is 11.4 Å². The molecule has 2 N–H and O–H groups in total. The van der Waals surface area contributed by atoms with Crippen molar-refractivity contribution >= 4 is 45.5 Å². The molecule has 33 heavy (non-hydrogen) atoms. The molecular weight excluding hydrogens is 440 g/mol. The Morgan fingerprint density at radius 1 is 1.24 bits per heavy atom. The summed E-state index contributed by atoms with van der Waals surface area (Å²) < 4.78 is 12.8. The van der Waals surface area contributed by atoms with Gasteiger partial charge in [0.2, 0.25) is 0 Å². The van der Waals surface area contributed by atoms with Gasteiger partial charge in [-0.05, 0) is 19.1 Å². The van der Waals surface area contributed by atoms with E-state index in [-0.39, 0.29) is 5.91 Å². The van der Waals surface area contributed by atoms with E-state index in [0.29, 0.717) is 54.6 Å². The monoisotopic (exact) mass is 468 g/mol. The third-order valence-electron chi connectivity index (χ3n) is 4.82. The zero-order chi connectivity index (χ0) is 23.2. The van der Waals surface area contributed by atoms with Gasteiger partial charge in [-0.2, -0.15) is 5.10 Å². The average Bonchev–Trinajstić information content (AvgIpc) is 3.41. The molecule has 0 aliphatic carbocycles. The number of furan rings is 1. The molecule has 4 rings (SSSR count). The Hall–Kier alpha value is -3.11. The molecule has 1 amide bonds. The quantitative estimate of drug-likeness (QED) is 0.194. The third kappa shape index (κ3) is 5.63. The van der Waals surface area contributed by atoms with E-state index in [1.807, 2.05) is 31.2 Å². The molecule has 0 spiro atoms. The van der Waals surface area contributed by atoms with Crippen LogP contribution in [0.15, 0.2) is 46.1 Å². The summed E-state index contributed by atoms with van der Waals surface area (Å²) in [6.45, 7) is 8.94. The minimum Gasteiger partial charge on any atom is -0.451 e. The van der Waals surface area contributed by atoms with Crippen LogP contribution >= 0.6 is 11.8 Å². The summed E-state index contributed by atoms with van der Waals surface area (Å²) in [7, 11) is 0. The maximum atomic E-state index is 12.5. The van der Waals surface area contributed by atoms with Gasteiger partial charge in [0, 0.05) is 30.3 Å². The Bertz CT molecular complexity index is 1200. The number of carbonyl (C=O) groups excluding carboxylic acids is 1. The van der Waals surface area contributed by atoms with Crippen molar-refractivity contribution in [2.24, 2.45) is 0 Å². The molecule has 3 heterocycles. The van der Waals surface area contributed by atoms with Crippen molar-refractivity contribution in [1.29, 1.82) is 0 Å². The number of ether oxygens (including phenoxy) is 1. The van der Waals surface area contributed by atoms with Gasteiger partial charge in [0.25, 0.3) is 5.91 Å². The normalized spacial score (nSPS) is 11.5. The second kappa shape index (κ2) is 10.7. The number of nitrogens with zero attached hydrogens (tertiary/aromatic N) is 4. The van der Waals surface area contributed by atoms with Crippen molar-refractivity contribution < 1.29 is 13.9 Å². The van der Waals surface area contributed by atoms with Gasteiger partial charge in [-0.3, -0.25) is 4.79 Å². The van der Waals surface area contributed by atoms with Crippen molar-refractivity contribution in [3.05, 3.63) is 42.3 Å². The second-order valence-corrected chi connectivity index (χ2v) is 9.20. The van der Waals surface area contributed by atoms with Crippen LogP contribution in [0.5, 0.6) is 0 Å². The molecule has 0 fully saturated rings. The van der Waals surface area contributed by atoms with Crippen molar-refractivity contribution in [3.63, 3.8) is 0 Å². The fourth-order valence-electron chi connectivity index (χ4n) is 3.34. The average molecular weight is 469 g/mol. The van der Waals surface area contributed by atoms with Gasteiger partial charge in [-0.25, -0.2) is 14.6 Å². The van der Waals surface area contributed by atoms with E-state index in [4.69, 9.17) is 14.1 Å². The molecule has 1 aromatic carbocycles. The maximum Gasteiger partial charge on any atom is 0.287 e. The smallest absolute Gasteiger partial charge is 0.287 e. The first kappa shape index (κ1) is 23.1. The summed E-state index contributed by atoms with van der Waals surface area (Å²) in [6, 6.07) is 9.29. The SMILES string of the molecule is CCOCCNc1nc(SC(C)C)nc2c1cnn2CCNC(=O)c1cc2ccccc2o1. The van der Waals surface area contributed by atoms with E-state index in [2.05, 4.69) is 34.6 Å². The van der Waals surface area contributed by atoms with Crippen LogP contribution < -0.4 is 10.6 Å². The van der Waals surface area contributed by atoms with Crippen molar-refractivity contribution in [2.45, 2.75) is 37.7 Å². The van der Waals surface area contributed by atoms with Crippen molar-refractivity contribution in [2.75, 3.05) is 31.6 Å². The number of hydrogen-bond acceptors (Lipinski definition) is 8. The number of para-hydroxylation sites is 1. The van der Waals surface area contributed by atoms with E-state index >= 15 is 0 Å². The predicted molar refractivity (Wildman–Crippen MR) is 130 cm³/mol. The Kier molecular flexibility index (Phi) is 7.46. The molecular formula is C23H28N6O3S. The van der Waals surface area contributed by atoms with Crippen LogP contribution in [0.4, 0.5) is 5.82 Å². The molecule has 0 aliphatic rings. The van der Waals surface area contributed by atoms with E-state index in [0.717, 1.165) is 22.2 Å². The molecule has 10 heteroatoms. The first-order valence-electron chi connectivity index (χ1n) is 11.0. The Balaban J connectivity index is 1.46. The first-order chi connectivity index (χ1) is 16.0. The van der Waals surface area contributed by atoms with Gasteiger partial charge in [0.15, 0.2) is 16.6 Å². The number of benzene rings is 1. The lowest BCUT2D eigenvalue weighted by atomic mass is 10.2. The Labute approximate surface area is 196 Å². The molecule has 0 bridgehead atoms. The van der Waals surface area contributed by atoms with E-state index in [1.165, 1.54) is 0 Å². The van der Waals surface area contributed by atoms with E-state index < -0.39 is 0 Å². The number of nitrogens with one attached hydrogen (secondary N) is 2. The number of carbonyl (C=O) groups is 1. The van der Waals surface area contributed by atoms with Gasteiger partial charge in [-0.15, -0.1) is 0 Å². The van der Waals surface area contributed by atoms with Gasteiger partial charge in [-0.1, -0.05) is 43.8 Å². The highest BCUT2D eigenvalue weighted by atomic mass is 32.2. The highest BCUT2D eigenvalue weighted by Gasteiger charge is 2.15. The van der Waals surface area contributed by atoms with Crippen LogP contribution in [0, 0.1) is 0 Å². The number of hydrogen-bond donors (Lipinski definition) is 2. The zero-order valence-corrected chi connectivity index (χ0v) is 19.8. The number of rotatable bonds is 11. The summed E-state index contributed by atoms with van der Waals surface area (Å²) in [5.41, 5.74) is 1.42. The summed E-state index contributed by atoms with van der Waals surface area (Å²) in [5.74, 6) is 0.771. The zero-order valence-electron chi connectivity index (χ0n) is 19.0. The molecule has 0 radical (unpaired) electrons. The summed E-state index contributed by atoms with van der Waals surface area (Å²) >= 11 is 1.59. The summed E-state index contributed by atoms with van der Waals surface area (Å²) in [5, 5.41) is 13.5. The highest BCUT2D eigenvalue weighted by molar-refractivity contribution is 7.99. The van der Waals surface area contributed by atoms with Gasteiger partial charge < -0.3 is 19.8 Å². The molecule has 0 unspecified atom stereocenters. The molecule has 9 nitrogen and oxygen atoms in total. The molecule has 0 saturated heterocycles. The minimum atomic E-state index is -0.258. The van der Waals surface area contributed by atoms with Crippen LogP contribution in [-0.2, 0) is 11.3 Å². The molecule has 0 saturated carbocycles. The third-order valence-corrected chi connectivity index (χ3v) is 5.68. The topological polar surface area (TPSA) is 107 Å².